The molecule has 0 spiro atoms. The number of rotatable bonds is 0. The molecule has 0 fully saturated rings. The maximum absolute atomic E-state index is 2.12. The molecule has 11 heavy (non-hydrogen) atoms. The van der Waals surface area contributed by atoms with E-state index in [0.29, 0.717) is 0 Å². The Balaban J connectivity index is 0.000000167. The molecule has 0 unspecified atom stereocenters. The summed E-state index contributed by atoms with van der Waals surface area (Å²) in [5.41, 5.74) is 0. The van der Waals surface area contributed by atoms with Gasteiger partial charge in [-0.05, 0) is 12.8 Å². The molecule has 1 heteroatoms. The van der Waals surface area contributed by atoms with Crippen molar-refractivity contribution >= 4 is 0 Å². The average molecular weight is 228 g/mol. The maximum atomic E-state index is 2.12. The SMILES string of the molecule is C1=CCC=C1.C1=CCC=C1.[Mo]. The molecule has 0 amide bonds. The number of allylic oxidation sites excluding steroid dienone is 8. The van der Waals surface area contributed by atoms with Crippen LogP contribution in [-0.2, 0) is 21.1 Å². The van der Waals surface area contributed by atoms with Gasteiger partial charge >= 0.3 is 0 Å². The molecule has 0 bridgehead atoms. The Morgan fingerprint density at radius 1 is 0.545 bits per heavy atom. The van der Waals surface area contributed by atoms with E-state index in [2.05, 4.69) is 48.6 Å². The van der Waals surface area contributed by atoms with Crippen LogP contribution in [0.5, 0.6) is 0 Å². The summed E-state index contributed by atoms with van der Waals surface area (Å²) in [7, 11) is 0. The standard InChI is InChI=1S/2C5H6.Mo/c2*1-2-4-5-3-1;/h2*1-4H,5H2;. The molecular weight excluding hydrogens is 216 g/mol. The monoisotopic (exact) mass is 230 g/mol. The molecule has 0 aromatic heterocycles. The van der Waals surface area contributed by atoms with Crippen LogP contribution in [0.4, 0.5) is 0 Å². The van der Waals surface area contributed by atoms with Crippen molar-refractivity contribution < 1.29 is 21.1 Å². The summed E-state index contributed by atoms with van der Waals surface area (Å²) in [6.07, 6.45) is 19.0. The van der Waals surface area contributed by atoms with Crippen molar-refractivity contribution in [3.63, 3.8) is 0 Å². The van der Waals surface area contributed by atoms with E-state index in [1.165, 1.54) is 0 Å². The molecule has 0 aromatic carbocycles. The second-order valence-electron chi connectivity index (χ2n) is 2.18. The van der Waals surface area contributed by atoms with Crippen molar-refractivity contribution in [1.29, 1.82) is 0 Å². The van der Waals surface area contributed by atoms with Crippen LogP contribution in [0.15, 0.2) is 48.6 Å². The Morgan fingerprint density at radius 3 is 0.909 bits per heavy atom. The van der Waals surface area contributed by atoms with Crippen LogP contribution in [0.25, 0.3) is 0 Å². The summed E-state index contributed by atoms with van der Waals surface area (Å²) < 4.78 is 0. The topological polar surface area (TPSA) is 0 Å². The van der Waals surface area contributed by atoms with Crippen molar-refractivity contribution in [3.8, 4) is 0 Å². The van der Waals surface area contributed by atoms with E-state index in [1.807, 2.05) is 0 Å². The first kappa shape index (κ1) is 10.6. The van der Waals surface area contributed by atoms with Crippen LogP contribution in [0.3, 0.4) is 0 Å². The largest absolute Gasteiger partial charge is 0.0808 e. The third kappa shape index (κ3) is 6.06. The van der Waals surface area contributed by atoms with Crippen LogP contribution in [0, 0.1) is 0 Å². The molecule has 0 N–H and O–H groups in total. The predicted octanol–water partition coefficient (Wildman–Crippen LogP) is 3.00. The molecule has 2 rings (SSSR count). The van der Waals surface area contributed by atoms with Gasteiger partial charge in [0.25, 0.3) is 0 Å². The third-order valence-electron chi connectivity index (χ3n) is 1.31. The van der Waals surface area contributed by atoms with Crippen molar-refractivity contribution in [2.75, 3.05) is 0 Å². The zero-order valence-corrected chi connectivity index (χ0v) is 8.45. The van der Waals surface area contributed by atoms with Gasteiger partial charge in [-0.25, -0.2) is 0 Å². The van der Waals surface area contributed by atoms with Gasteiger partial charge in [-0.2, -0.15) is 0 Å². The van der Waals surface area contributed by atoms with Crippen molar-refractivity contribution in [3.05, 3.63) is 48.6 Å². The Bertz CT molecular complexity index is 143. The molecule has 0 aliphatic heterocycles. The minimum Gasteiger partial charge on any atom is -0.0808 e. The zero-order valence-electron chi connectivity index (χ0n) is 6.44. The molecule has 0 saturated heterocycles. The van der Waals surface area contributed by atoms with Gasteiger partial charge in [0.05, 0.1) is 0 Å². The smallest absolute Gasteiger partial charge is 0 e. The van der Waals surface area contributed by atoms with Gasteiger partial charge in [0.1, 0.15) is 0 Å². The Labute approximate surface area is 82.6 Å². The first-order valence-corrected chi connectivity index (χ1v) is 3.63. The summed E-state index contributed by atoms with van der Waals surface area (Å²) in [5, 5.41) is 0. The van der Waals surface area contributed by atoms with Gasteiger partial charge in [-0.15, -0.1) is 0 Å². The molecule has 0 atom stereocenters. The number of hydrogen-bond donors (Lipinski definition) is 0. The zero-order chi connectivity index (χ0) is 7.07. The van der Waals surface area contributed by atoms with Crippen molar-refractivity contribution in [1.82, 2.24) is 0 Å². The molecule has 0 heterocycles. The van der Waals surface area contributed by atoms with E-state index in [4.69, 9.17) is 0 Å². The van der Waals surface area contributed by atoms with E-state index in [-0.39, 0.29) is 21.1 Å². The van der Waals surface area contributed by atoms with E-state index < -0.39 is 0 Å². The minimum absolute atomic E-state index is 0. The van der Waals surface area contributed by atoms with Gasteiger partial charge in [-0.3, -0.25) is 0 Å². The molecule has 2 aliphatic carbocycles. The number of hydrogen-bond acceptors (Lipinski definition) is 0. The summed E-state index contributed by atoms with van der Waals surface area (Å²) >= 11 is 0. The fraction of sp³-hybridized carbons (Fsp3) is 0.200. The summed E-state index contributed by atoms with van der Waals surface area (Å²) in [6, 6.07) is 0. The maximum Gasteiger partial charge on any atom is 0 e. The van der Waals surface area contributed by atoms with E-state index >= 15 is 0 Å². The second kappa shape index (κ2) is 7.75. The van der Waals surface area contributed by atoms with E-state index in [9.17, 15) is 0 Å². The average Bonchev–Trinajstić information content (AvgIpc) is 2.67. The predicted molar refractivity (Wildman–Crippen MR) is 45.8 cm³/mol. The third-order valence-corrected chi connectivity index (χ3v) is 1.31. The normalized spacial score (nSPS) is 16.0. The van der Waals surface area contributed by atoms with Crippen molar-refractivity contribution in [2.45, 2.75) is 12.8 Å². The van der Waals surface area contributed by atoms with E-state index in [0.717, 1.165) is 12.8 Å². The molecule has 0 aromatic rings. The Hall–Kier alpha value is -0.352. The first-order valence-electron chi connectivity index (χ1n) is 3.63. The Kier molecular flexibility index (Phi) is 7.50. The van der Waals surface area contributed by atoms with Gasteiger partial charge in [0.2, 0.25) is 0 Å². The first-order chi connectivity index (χ1) is 5.00. The van der Waals surface area contributed by atoms with Gasteiger partial charge < -0.3 is 0 Å². The quantitative estimate of drug-likeness (QED) is 0.559. The molecule has 0 nitrogen and oxygen atoms in total. The molecule has 58 valence electrons. The fourth-order valence-electron chi connectivity index (χ4n) is 0.786. The van der Waals surface area contributed by atoms with E-state index in [1.54, 1.807) is 0 Å². The minimum atomic E-state index is 0. The van der Waals surface area contributed by atoms with Gasteiger partial charge in [-0.1, -0.05) is 48.6 Å². The van der Waals surface area contributed by atoms with Crippen LogP contribution in [0.1, 0.15) is 12.8 Å². The van der Waals surface area contributed by atoms with Crippen molar-refractivity contribution in [2.24, 2.45) is 0 Å². The summed E-state index contributed by atoms with van der Waals surface area (Å²) in [4.78, 5) is 0. The Morgan fingerprint density at radius 2 is 0.818 bits per heavy atom. The van der Waals surface area contributed by atoms with Crippen LogP contribution in [-0.4, -0.2) is 0 Å². The van der Waals surface area contributed by atoms with Gasteiger partial charge in [0, 0.05) is 21.1 Å². The van der Waals surface area contributed by atoms with Crippen LogP contribution < -0.4 is 0 Å². The van der Waals surface area contributed by atoms with Gasteiger partial charge in [0.15, 0.2) is 0 Å². The second-order valence-corrected chi connectivity index (χ2v) is 2.18. The molecule has 0 saturated carbocycles. The van der Waals surface area contributed by atoms with Crippen LogP contribution >= 0.6 is 0 Å². The molecule has 0 radical (unpaired) electrons. The summed E-state index contributed by atoms with van der Waals surface area (Å²) in [5.74, 6) is 0. The molecular formula is C10H12Mo. The fourth-order valence-corrected chi connectivity index (χ4v) is 0.786. The van der Waals surface area contributed by atoms with Crippen LogP contribution in [0.2, 0.25) is 0 Å². The molecule has 2 aliphatic rings. The summed E-state index contributed by atoms with van der Waals surface area (Å²) in [6.45, 7) is 0.